The molecule has 0 heterocycles. The van der Waals surface area contributed by atoms with Gasteiger partial charge in [-0.25, -0.2) is 4.39 Å². The van der Waals surface area contributed by atoms with Crippen LogP contribution in [0, 0.1) is 15.9 Å². The van der Waals surface area contributed by atoms with E-state index in [1.165, 1.54) is 6.92 Å². The first-order valence-corrected chi connectivity index (χ1v) is 5.35. The highest BCUT2D eigenvalue weighted by atomic mass is 35.5. The summed E-state index contributed by atoms with van der Waals surface area (Å²) in [6.45, 7) is 0.618. The van der Waals surface area contributed by atoms with E-state index >= 15 is 0 Å². The molecule has 0 aliphatic carbocycles. The molecule has 0 aliphatic rings. The Morgan fingerprint density at radius 1 is 1.61 bits per heavy atom. The number of anilines is 1. The molecule has 1 aromatic carbocycles. The van der Waals surface area contributed by atoms with Crippen molar-refractivity contribution in [1.82, 2.24) is 0 Å². The van der Waals surface area contributed by atoms with Gasteiger partial charge >= 0.3 is 0 Å². The van der Waals surface area contributed by atoms with Crippen LogP contribution in [0.15, 0.2) is 12.1 Å². The van der Waals surface area contributed by atoms with Crippen LogP contribution < -0.4 is 5.32 Å². The molecule has 18 heavy (non-hydrogen) atoms. The third-order valence-corrected chi connectivity index (χ3v) is 2.53. The van der Waals surface area contributed by atoms with Gasteiger partial charge in [-0.15, -0.1) is 0 Å². The van der Waals surface area contributed by atoms with Crippen LogP contribution in [0.4, 0.5) is 15.8 Å². The second-order valence-electron chi connectivity index (χ2n) is 4.05. The van der Waals surface area contributed by atoms with E-state index in [4.69, 9.17) is 16.7 Å². The first-order valence-electron chi connectivity index (χ1n) is 4.97. The van der Waals surface area contributed by atoms with Gasteiger partial charge in [0.05, 0.1) is 16.6 Å². The minimum Gasteiger partial charge on any atom is -0.393 e. The Morgan fingerprint density at radius 2 is 2.22 bits per heavy atom. The molecule has 0 fully saturated rings. The lowest BCUT2D eigenvalue weighted by molar-refractivity contribution is -0.384. The quantitative estimate of drug-likeness (QED) is 0.561. The van der Waals surface area contributed by atoms with Crippen LogP contribution in [0.25, 0.3) is 0 Å². The van der Waals surface area contributed by atoms with Gasteiger partial charge in [0.15, 0.2) is 0 Å². The van der Waals surface area contributed by atoms with E-state index in [1.807, 2.05) is 0 Å². The average Bonchev–Trinajstić information content (AvgIpc) is 2.30. The lowest BCUT2D eigenvalue weighted by Gasteiger charge is -2.21. The van der Waals surface area contributed by atoms with Crippen LogP contribution in [-0.2, 0) is 0 Å². The van der Waals surface area contributed by atoms with Gasteiger partial charge in [-0.2, -0.15) is 0 Å². The predicted molar refractivity (Wildman–Crippen MR) is 64.3 cm³/mol. The van der Waals surface area contributed by atoms with Gasteiger partial charge in [0.25, 0.3) is 5.69 Å². The summed E-state index contributed by atoms with van der Waals surface area (Å²) in [4.78, 5) is 10.0. The molecule has 0 saturated carbocycles. The Hall–Kier alpha value is -1.44. The largest absolute Gasteiger partial charge is 0.393 e. The Kier molecular flexibility index (Phi) is 4.44. The highest BCUT2D eigenvalue weighted by molar-refractivity contribution is 6.31. The molecule has 1 atom stereocenters. The van der Waals surface area contributed by atoms with Gasteiger partial charge in [0.2, 0.25) is 0 Å². The second kappa shape index (κ2) is 5.47. The maximum Gasteiger partial charge on any atom is 0.294 e. The van der Waals surface area contributed by atoms with Crippen molar-refractivity contribution >= 4 is 23.0 Å². The molecule has 1 unspecified atom stereocenters. The van der Waals surface area contributed by atoms with Crippen LogP contribution in [-0.4, -0.2) is 33.9 Å². The summed E-state index contributed by atoms with van der Waals surface area (Å²) in [6.07, 6.45) is 0. The van der Waals surface area contributed by atoms with E-state index in [-0.39, 0.29) is 17.3 Å². The van der Waals surface area contributed by atoms with Crippen LogP contribution in [0.5, 0.6) is 0 Å². The van der Waals surface area contributed by atoms with Crippen molar-refractivity contribution < 1.29 is 19.5 Å². The molecule has 0 saturated heterocycles. The van der Waals surface area contributed by atoms with Gasteiger partial charge in [-0.05, 0) is 6.92 Å². The fraction of sp³-hybridized carbons (Fsp3) is 0.400. The van der Waals surface area contributed by atoms with Gasteiger partial charge in [-0.3, -0.25) is 10.1 Å². The number of nitro benzene ring substituents is 1. The zero-order valence-corrected chi connectivity index (χ0v) is 10.2. The van der Waals surface area contributed by atoms with Crippen molar-refractivity contribution in [2.75, 3.05) is 18.5 Å². The predicted octanol–water partition coefficient (Wildman–Crippen LogP) is 1.54. The van der Waals surface area contributed by atoms with E-state index in [9.17, 15) is 19.6 Å². The monoisotopic (exact) mass is 278 g/mol. The van der Waals surface area contributed by atoms with Crippen LogP contribution in [0.1, 0.15) is 6.92 Å². The Morgan fingerprint density at radius 3 is 2.72 bits per heavy atom. The molecule has 100 valence electrons. The number of rotatable bonds is 5. The molecule has 1 rings (SSSR count). The van der Waals surface area contributed by atoms with E-state index in [2.05, 4.69) is 5.32 Å². The first kappa shape index (κ1) is 14.6. The third kappa shape index (κ3) is 3.52. The molecule has 0 bridgehead atoms. The molecule has 0 aromatic heterocycles. The van der Waals surface area contributed by atoms with Crippen LogP contribution in [0.2, 0.25) is 5.02 Å². The molecule has 1 aromatic rings. The zero-order chi connectivity index (χ0) is 13.9. The summed E-state index contributed by atoms with van der Waals surface area (Å²) in [6, 6.07) is 1.75. The topological polar surface area (TPSA) is 95.6 Å². The first-order chi connectivity index (χ1) is 8.26. The number of nitro groups is 1. The Labute approximate surface area is 107 Å². The number of halogens is 2. The third-order valence-electron chi connectivity index (χ3n) is 2.24. The molecule has 8 heteroatoms. The highest BCUT2D eigenvalue weighted by Crippen LogP contribution is 2.30. The van der Waals surface area contributed by atoms with Crippen LogP contribution >= 0.6 is 11.6 Å². The maximum atomic E-state index is 13.2. The number of hydrogen-bond donors (Lipinski definition) is 3. The molecule has 6 nitrogen and oxygen atoms in total. The number of benzene rings is 1. The zero-order valence-electron chi connectivity index (χ0n) is 9.48. The Bertz CT molecular complexity index is 467. The van der Waals surface area contributed by atoms with Crippen molar-refractivity contribution in [3.05, 3.63) is 33.1 Å². The number of nitrogens with one attached hydrogen (secondary N) is 1. The van der Waals surface area contributed by atoms with Crippen molar-refractivity contribution in [2.45, 2.75) is 12.5 Å². The summed E-state index contributed by atoms with van der Waals surface area (Å²) < 4.78 is 13.2. The molecular weight excluding hydrogens is 267 g/mol. The number of nitrogens with zero attached hydrogens (tertiary/aromatic N) is 1. The maximum absolute atomic E-state index is 13.2. The van der Waals surface area contributed by atoms with Crippen LogP contribution in [0.3, 0.4) is 0 Å². The molecule has 3 N–H and O–H groups in total. The van der Waals surface area contributed by atoms with Gasteiger partial charge in [0, 0.05) is 18.7 Å². The van der Waals surface area contributed by atoms with E-state index in [1.54, 1.807) is 0 Å². The van der Waals surface area contributed by atoms with Crippen molar-refractivity contribution in [2.24, 2.45) is 0 Å². The highest BCUT2D eigenvalue weighted by Gasteiger charge is 2.22. The van der Waals surface area contributed by atoms with E-state index < -0.39 is 28.6 Å². The van der Waals surface area contributed by atoms with E-state index in [0.29, 0.717) is 0 Å². The summed E-state index contributed by atoms with van der Waals surface area (Å²) >= 11 is 5.45. The lowest BCUT2D eigenvalue weighted by atomic mass is 10.1. The number of hydrogen-bond acceptors (Lipinski definition) is 5. The molecule has 0 aliphatic heterocycles. The summed E-state index contributed by atoms with van der Waals surface area (Å²) in [5.74, 6) is -0.812. The minimum atomic E-state index is -1.47. The number of aliphatic hydroxyl groups excluding tert-OH is 1. The SMILES string of the molecule is CC(O)(CO)CNc1cc(F)c(Cl)cc1[N+](=O)[O-]. The lowest BCUT2D eigenvalue weighted by Crippen LogP contribution is -2.37. The summed E-state index contributed by atoms with van der Waals surface area (Å²) in [5, 5.41) is 31.3. The van der Waals surface area contributed by atoms with Crippen molar-refractivity contribution in [3.63, 3.8) is 0 Å². The van der Waals surface area contributed by atoms with Gasteiger partial charge in [-0.1, -0.05) is 11.6 Å². The second-order valence-corrected chi connectivity index (χ2v) is 4.46. The molecule has 0 spiro atoms. The molecular formula is C10H12ClFN2O4. The van der Waals surface area contributed by atoms with Gasteiger partial charge in [0.1, 0.15) is 17.1 Å². The fourth-order valence-electron chi connectivity index (χ4n) is 1.17. The summed E-state index contributed by atoms with van der Waals surface area (Å²) in [7, 11) is 0. The smallest absolute Gasteiger partial charge is 0.294 e. The molecule has 0 radical (unpaired) electrons. The Balaban J connectivity index is 3.01. The standard InChI is InChI=1S/C10H12ClFN2O4/c1-10(16,5-15)4-13-8-3-7(12)6(11)2-9(8)14(17)18/h2-3,13,15-16H,4-5H2,1H3. The minimum absolute atomic E-state index is 0.115. The van der Waals surface area contributed by atoms with Crippen molar-refractivity contribution in [3.8, 4) is 0 Å². The van der Waals surface area contributed by atoms with Crippen molar-refractivity contribution in [1.29, 1.82) is 0 Å². The normalized spacial score (nSPS) is 14.1. The average molecular weight is 279 g/mol. The van der Waals surface area contributed by atoms with E-state index in [0.717, 1.165) is 12.1 Å². The molecule has 0 amide bonds. The summed E-state index contributed by atoms with van der Waals surface area (Å²) in [5.41, 5.74) is -1.99. The number of aliphatic hydroxyl groups is 2. The fourth-order valence-corrected chi connectivity index (χ4v) is 1.33. The van der Waals surface area contributed by atoms with Gasteiger partial charge < -0.3 is 15.5 Å².